The van der Waals surface area contributed by atoms with Crippen LogP contribution in [0.5, 0.6) is 0 Å². The van der Waals surface area contributed by atoms with Gasteiger partial charge in [-0.1, -0.05) is 25.3 Å². The summed E-state index contributed by atoms with van der Waals surface area (Å²) in [5.41, 5.74) is 1.09. The molecule has 2 fully saturated rings. The highest BCUT2D eigenvalue weighted by Crippen LogP contribution is 2.26. The zero-order valence-electron chi connectivity index (χ0n) is 14.8. The number of hydrogen-bond acceptors (Lipinski definition) is 2. The summed E-state index contributed by atoms with van der Waals surface area (Å²) >= 11 is 0. The summed E-state index contributed by atoms with van der Waals surface area (Å²) in [6.07, 6.45) is 5.49. The normalized spacial score (nSPS) is 19.0. The number of nitrogens with zero attached hydrogens (tertiary/aromatic N) is 2. The van der Waals surface area contributed by atoms with Gasteiger partial charge in [0.25, 0.3) is 0 Å². The number of benzene rings is 1. The van der Waals surface area contributed by atoms with Gasteiger partial charge in [0.05, 0.1) is 5.69 Å². The average molecular weight is 347 g/mol. The molecule has 0 aromatic heterocycles. The van der Waals surface area contributed by atoms with E-state index in [0.29, 0.717) is 26.2 Å². The second-order valence-corrected chi connectivity index (χ2v) is 7.06. The van der Waals surface area contributed by atoms with Crippen LogP contribution in [0.1, 0.15) is 37.7 Å². The summed E-state index contributed by atoms with van der Waals surface area (Å²) in [4.78, 5) is 28.4. The third-order valence-corrected chi connectivity index (χ3v) is 5.20. The molecule has 1 N–H and O–H groups in total. The fraction of sp³-hybridized carbons (Fsp3) is 0.579. The van der Waals surface area contributed by atoms with Crippen LogP contribution in [0.3, 0.4) is 0 Å². The van der Waals surface area contributed by atoms with Crippen LogP contribution in [0, 0.1) is 18.7 Å². The van der Waals surface area contributed by atoms with Gasteiger partial charge >= 0.3 is 6.03 Å². The van der Waals surface area contributed by atoms with E-state index in [2.05, 4.69) is 5.32 Å². The van der Waals surface area contributed by atoms with Gasteiger partial charge < -0.3 is 15.1 Å². The van der Waals surface area contributed by atoms with Gasteiger partial charge in [0, 0.05) is 32.1 Å². The molecule has 2 aliphatic rings. The topological polar surface area (TPSA) is 52.7 Å². The van der Waals surface area contributed by atoms with Crippen molar-refractivity contribution in [1.82, 2.24) is 9.80 Å². The van der Waals surface area contributed by atoms with Crippen LogP contribution in [0.4, 0.5) is 14.9 Å². The highest BCUT2D eigenvalue weighted by Gasteiger charge is 2.29. The molecule has 1 aromatic carbocycles. The Morgan fingerprint density at radius 2 is 1.68 bits per heavy atom. The first-order valence-electron chi connectivity index (χ1n) is 9.15. The lowest BCUT2D eigenvalue weighted by Gasteiger charge is -2.37. The van der Waals surface area contributed by atoms with Crippen molar-refractivity contribution < 1.29 is 14.0 Å². The molecule has 1 aromatic rings. The summed E-state index contributed by atoms with van der Waals surface area (Å²) in [5.74, 6) is -0.0370. The van der Waals surface area contributed by atoms with Crippen molar-refractivity contribution >= 4 is 17.6 Å². The van der Waals surface area contributed by atoms with Gasteiger partial charge in [-0.25, -0.2) is 9.18 Å². The Labute approximate surface area is 148 Å². The van der Waals surface area contributed by atoms with E-state index in [0.717, 1.165) is 31.2 Å². The Kier molecular flexibility index (Phi) is 5.56. The van der Waals surface area contributed by atoms with Crippen LogP contribution in [0.2, 0.25) is 0 Å². The number of halogens is 1. The third kappa shape index (κ3) is 4.30. The Hall–Kier alpha value is -2.11. The molecule has 5 nitrogen and oxygen atoms in total. The maximum atomic E-state index is 13.8. The quantitative estimate of drug-likeness (QED) is 0.891. The smallest absolute Gasteiger partial charge is 0.322 e. The minimum absolute atomic E-state index is 0.163. The molecular weight excluding hydrogens is 321 g/mol. The van der Waals surface area contributed by atoms with Crippen molar-refractivity contribution in [1.29, 1.82) is 0 Å². The van der Waals surface area contributed by atoms with E-state index in [-0.39, 0.29) is 23.5 Å². The van der Waals surface area contributed by atoms with E-state index in [1.54, 1.807) is 17.0 Å². The highest BCUT2D eigenvalue weighted by molar-refractivity contribution is 5.90. The molecule has 0 radical (unpaired) electrons. The molecule has 0 bridgehead atoms. The second-order valence-electron chi connectivity index (χ2n) is 7.06. The summed E-state index contributed by atoms with van der Waals surface area (Å²) in [7, 11) is 0. The Bertz CT molecular complexity index is 636. The molecule has 0 unspecified atom stereocenters. The molecule has 3 amide bonds. The van der Waals surface area contributed by atoms with Gasteiger partial charge in [0.2, 0.25) is 5.91 Å². The summed E-state index contributed by atoms with van der Waals surface area (Å²) < 4.78 is 13.8. The number of hydrogen-bond donors (Lipinski definition) is 1. The molecule has 25 heavy (non-hydrogen) atoms. The molecule has 3 rings (SSSR count). The number of aryl methyl sites for hydroxylation is 1. The molecule has 136 valence electrons. The Morgan fingerprint density at radius 3 is 2.36 bits per heavy atom. The highest BCUT2D eigenvalue weighted by atomic mass is 19.1. The van der Waals surface area contributed by atoms with Crippen LogP contribution in [-0.4, -0.2) is 47.9 Å². The van der Waals surface area contributed by atoms with Crippen LogP contribution in [-0.2, 0) is 4.79 Å². The SMILES string of the molecule is Cc1ccc(F)c(NC(=O)N2CCN(C(=O)C3CCCCC3)CC2)c1. The van der Waals surface area contributed by atoms with Gasteiger partial charge in [0.1, 0.15) is 5.82 Å². The summed E-state index contributed by atoms with van der Waals surface area (Å²) in [6, 6.07) is 4.33. The number of amides is 3. The fourth-order valence-corrected chi connectivity index (χ4v) is 3.67. The maximum absolute atomic E-state index is 13.8. The zero-order chi connectivity index (χ0) is 17.8. The molecule has 1 aliphatic heterocycles. The number of urea groups is 1. The minimum atomic E-state index is -0.440. The van der Waals surface area contributed by atoms with Crippen LogP contribution >= 0.6 is 0 Å². The number of carbonyl (C=O) groups is 2. The van der Waals surface area contributed by atoms with E-state index in [4.69, 9.17) is 0 Å². The van der Waals surface area contributed by atoms with Gasteiger partial charge in [-0.3, -0.25) is 4.79 Å². The van der Waals surface area contributed by atoms with Gasteiger partial charge in [-0.15, -0.1) is 0 Å². The molecular formula is C19H26FN3O2. The van der Waals surface area contributed by atoms with Crippen molar-refractivity contribution in [2.24, 2.45) is 5.92 Å². The maximum Gasteiger partial charge on any atom is 0.322 e. The summed E-state index contributed by atoms with van der Waals surface area (Å²) in [5, 5.41) is 2.64. The average Bonchev–Trinajstić information content (AvgIpc) is 2.65. The number of rotatable bonds is 2. The number of anilines is 1. The van der Waals surface area contributed by atoms with Crippen LogP contribution in [0.25, 0.3) is 0 Å². The lowest BCUT2D eigenvalue weighted by molar-refractivity contribution is -0.137. The van der Waals surface area contributed by atoms with E-state index in [1.165, 1.54) is 12.5 Å². The molecule has 0 atom stereocenters. The van der Waals surface area contributed by atoms with Crippen molar-refractivity contribution in [2.45, 2.75) is 39.0 Å². The van der Waals surface area contributed by atoms with Crippen molar-refractivity contribution in [3.8, 4) is 0 Å². The van der Waals surface area contributed by atoms with E-state index < -0.39 is 5.82 Å². The van der Waals surface area contributed by atoms with Gasteiger partial charge in [-0.2, -0.15) is 0 Å². The Balaban J connectivity index is 1.52. The Morgan fingerprint density at radius 1 is 1.04 bits per heavy atom. The second kappa shape index (κ2) is 7.85. The standard InChI is InChI=1S/C19H26FN3O2/c1-14-7-8-16(20)17(13-14)21-19(25)23-11-9-22(10-12-23)18(24)15-5-3-2-4-6-15/h7-8,13,15H,2-6,9-12H2,1H3,(H,21,25). The predicted molar refractivity (Wildman–Crippen MR) is 94.9 cm³/mol. The first-order valence-corrected chi connectivity index (χ1v) is 9.15. The first-order chi connectivity index (χ1) is 12.0. The predicted octanol–water partition coefficient (Wildman–Crippen LogP) is 3.39. The van der Waals surface area contributed by atoms with Crippen molar-refractivity contribution in [3.05, 3.63) is 29.6 Å². The lowest BCUT2D eigenvalue weighted by Crippen LogP contribution is -2.53. The van der Waals surface area contributed by atoms with E-state index >= 15 is 0 Å². The van der Waals surface area contributed by atoms with E-state index in [1.807, 2.05) is 11.8 Å². The molecule has 1 heterocycles. The molecule has 0 spiro atoms. The van der Waals surface area contributed by atoms with Crippen LogP contribution < -0.4 is 5.32 Å². The molecule has 1 saturated carbocycles. The van der Waals surface area contributed by atoms with Gasteiger partial charge in [-0.05, 0) is 37.5 Å². The first kappa shape index (κ1) is 17.7. The van der Waals surface area contributed by atoms with Gasteiger partial charge in [0.15, 0.2) is 0 Å². The third-order valence-electron chi connectivity index (χ3n) is 5.20. The fourth-order valence-electron chi connectivity index (χ4n) is 3.67. The largest absolute Gasteiger partial charge is 0.339 e. The monoisotopic (exact) mass is 347 g/mol. The minimum Gasteiger partial charge on any atom is -0.339 e. The van der Waals surface area contributed by atoms with E-state index in [9.17, 15) is 14.0 Å². The zero-order valence-corrected chi connectivity index (χ0v) is 14.8. The number of carbonyl (C=O) groups excluding carboxylic acids is 2. The lowest BCUT2D eigenvalue weighted by atomic mass is 9.88. The van der Waals surface area contributed by atoms with Crippen molar-refractivity contribution in [2.75, 3.05) is 31.5 Å². The van der Waals surface area contributed by atoms with Crippen molar-refractivity contribution in [3.63, 3.8) is 0 Å². The number of nitrogens with one attached hydrogen (secondary N) is 1. The van der Waals surface area contributed by atoms with Crippen LogP contribution in [0.15, 0.2) is 18.2 Å². The summed E-state index contributed by atoms with van der Waals surface area (Å²) in [6.45, 7) is 3.93. The molecule has 6 heteroatoms. The molecule has 1 aliphatic carbocycles. The number of piperazine rings is 1. The molecule has 1 saturated heterocycles.